The van der Waals surface area contributed by atoms with Crippen LogP contribution in [-0.4, -0.2) is 28.3 Å². The molecule has 0 amide bonds. The second-order valence-electron chi connectivity index (χ2n) is 6.98. The topological polar surface area (TPSA) is 62.2 Å². The van der Waals surface area contributed by atoms with Gasteiger partial charge in [0.2, 0.25) is 0 Å². The number of rotatable bonds is 9. The number of aromatic nitrogens is 1. The lowest BCUT2D eigenvalue weighted by Crippen LogP contribution is -2.30. The van der Waals surface area contributed by atoms with E-state index in [9.17, 15) is 4.79 Å². The number of benzene rings is 1. The van der Waals surface area contributed by atoms with Gasteiger partial charge in [-0.15, -0.1) is 0 Å². The average molecular weight is 375 g/mol. The van der Waals surface area contributed by atoms with Crippen LogP contribution < -0.4 is 0 Å². The summed E-state index contributed by atoms with van der Waals surface area (Å²) in [6.07, 6.45) is 2.00. The molecule has 5 heteroatoms. The third-order valence-corrected chi connectivity index (χ3v) is 4.92. The number of carbonyl (C=O) groups excluding carboxylic acids is 1. The molecule has 0 N–H and O–H groups in total. The smallest absolute Gasteiger partial charge is 0.178 e. The Kier molecular flexibility index (Phi) is 6.46. The minimum absolute atomic E-state index is 0.0666. The number of Topliss-reactive ketones (excluding diaryl/α,β-unsaturated/α-hetero) is 1. The number of hydrogen-bond acceptors (Lipinski definition) is 4. The minimum Gasteiger partial charge on any atom is -0.468 e. The molecule has 5 nitrogen and oxygen atoms in total. The van der Waals surface area contributed by atoms with Crippen molar-refractivity contribution < 1.29 is 9.21 Å². The predicted octanol–water partition coefficient (Wildman–Crippen LogP) is 4.34. The van der Waals surface area contributed by atoms with Crippen molar-refractivity contribution in [1.29, 1.82) is 5.26 Å². The summed E-state index contributed by atoms with van der Waals surface area (Å²) in [6, 6.07) is 18.1. The molecule has 28 heavy (non-hydrogen) atoms. The third-order valence-electron chi connectivity index (χ3n) is 4.92. The summed E-state index contributed by atoms with van der Waals surface area (Å²) >= 11 is 0. The number of carbonyl (C=O) groups is 1. The van der Waals surface area contributed by atoms with Gasteiger partial charge >= 0.3 is 0 Å². The second kappa shape index (κ2) is 9.20. The van der Waals surface area contributed by atoms with E-state index in [2.05, 4.69) is 22.8 Å². The molecule has 0 aliphatic carbocycles. The number of hydrogen-bond donors (Lipinski definition) is 0. The predicted molar refractivity (Wildman–Crippen MR) is 108 cm³/mol. The number of nitrogens with zero attached hydrogens (tertiary/aromatic N) is 3. The SMILES string of the molecule is Cc1cc(C(=O)CN(CCC#N)Cc2ccco2)c(C)n1Cc1ccccc1. The summed E-state index contributed by atoms with van der Waals surface area (Å²) in [4.78, 5) is 15.0. The van der Waals surface area contributed by atoms with Crippen molar-refractivity contribution in [2.45, 2.75) is 33.4 Å². The summed E-state index contributed by atoms with van der Waals surface area (Å²) in [6.45, 7) is 6.08. The van der Waals surface area contributed by atoms with E-state index in [1.54, 1.807) is 6.26 Å². The van der Waals surface area contributed by atoms with Gasteiger partial charge in [-0.3, -0.25) is 9.69 Å². The number of aryl methyl sites for hydroxylation is 1. The molecule has 2 aromatic heterocycles. The Morgan fingerprint density at radius 2 is 1.96 bits per heavy atom. The standard InChI is InChI=1S/C23H25N3O2/c1-18-14-22(19(2)26(18)15-20-8-4-3-5-9-20)23(27)17-25(12-7-11-24)16-21-10-6-13-28-21/h3-6,8-10,13-14H,7,12,15-17H2,1-2H3. The zero-order valence-corrected chi connectivity index (χ0v) is 16.4. The highest BCUT2D eigenvalue weighted by Gasteiger charge is 2.19. The van der Waals surface area contributed by atoms with Crippen LogP contribution >= 0.6 is 0 Å². The monoisotopic (exact) mass is 375 g/mol. The maximum atomic E-state index is 13.0. The Balaban J connectivity index is 1.75. The average Bonchev–Trinajstić information content (AvgIpc) is 3.30. The van der Waals surface area contributed by atoms with E-state index in [4.69, 9.17) is 9.68 Å². The van der Waals surface area contributed by atoms with Gasteiger partial charge < -0.3 is 8.98 Å². The molecular weight excluding hydrogens is 350 g/mol. The first-order chi connectivity index (χ1) is 13.6. The minimum atomic E-state index is 0.0666. The summed E-state index contributed by atoms with van der Waals surface area (Å²) in [5, 5.41) is 8.93. The first kappa shape index (κ1) is 19.7. The van der Waals surface area contributed by atoms with Gasteiger partial charge in [0.15, 0.2) is 5.78 Å². The molecule has 0 atom stereocenters. The molecule has 0 aliphatic heterocycles. The van der Waals surface area contributed by atoms with Gasteiger partial charge in [-0.1, -0.05) is 30.3 Å². The molecule has 2 heterocycles. The van der Waals surface area contributed by atoms with Crippen molar-refractivity contribution >= 4 is 5.78 Å². The van der Waals surface area contributed by atoms with Crippen LogP contribution in [-0.2, 0) is 13.1 Å². The van der Waals surface area contributed by atoms with Crippen LogP contribution in [0.3, 0.4) is 0 Å². The molecule has 144 valence electrons. The molecular formula is C23H25N3O2. The molecule has 0 radical (unpaired) electrons. The van der Waals surface area contributed by atoms with Gasteiger partial charge in [-0.05, 0) is 37.6 Å². The maximum Gasteiger partial charge on any atom is 0.178 e. The molecule has 0 unspecified atom stereocenters. The van der Waals surface area contributed by atoms with E-state index >= 15 is 0 Å². The quantitative estimate of drug-likeness (QED) is 0.522. The van der Waals surface area contributed by atoms with E-state index in [0.717, 1.165) is 29.3 Å². The lowest BCUT2D eigenvalue weighted by Gasteiger charge is -2.19. The van der Waals surface area contributed by atoms with Gasteiger partial charge in [-0.25, -0.2) is 0 Å². The van der Waals surface area contributed by atoms with Crippen LogP contribution in [0.15, 0.2) is 59.2 Å². The van der Waals surface area contributed by atoms with Crippen molar-refractivity contribution in [3.05, 3.63) is 83.1 Å². The van der Waals surface area contributed by atoms with Gasteiger partial charge in [0.1, 0.15) is 5.76 Å². The van der Waals surface area contributed by atoms with E-state index in [0.29, 0.717) is 19.5 Å². The summed E-state index contributed by atoms with van der Waals surface area (Å²) in [5.41, 5.74) is 4.00. The summed E-state index contributed by atoms with van der Waals surface area (Å²) in [5.74, 6) is 0.859. The number of nitriles is 1. The molecule has 0 spiro atoms. The fourth-order valence-corrected chi connectivity index (χ4v) is 3.43. The molecule has 0 fully saturated rings. The van der Waals surface area contributed by atoms with Crippen LogP contribution in [0.4, 0.5) is 0 Å². The largest absolute Gasteiger partial charge is 0.468 e. The van der Waals surface area contributed by atoms with Crippen LogP contribution in [0.2, 0.25) is 0 Å². The zero-order valence-electron chi connectivity index (χ0n) is 16.4. The van der Waals surface area contributed by atoms with Crippen molar-refractivity contribution in [2.75, 3.05) is 13.1 Å². The summed E-state index contributed by atoms with van der Waals surface area (Å²) < 4.78 is 7.58. The Morgan fingerprint density at radius 1 is 1.18 bits per heavy atom. The first-order valence-corrected chi connectivity index (χ1v) is 9.44. The molecule has 0 saturated carbocycles. The van der Waals surface area contributed by atoms with Gasteiger partial charge in [0, 0.05) is 36.5 Å². The second-order valence-corrected chi connectivity index (χ2v) is 6.98. The lowest BCUT2D eigenvalue weighted by molar-refractivity contribution is 0.0921. The highest BCUT2D eigenvalue weighted by atomic mass is 16.3. The molecule has 1 aromatic carbocycles. The fraction of sp³-hybridized carbons (Fsp3) is 0.304. The molecule has 0 aliphatic rings. The van der Waals surface area contributed by atoms with Crippen LogP contribution in [0, 0.1) is 25.2 Å². The fourth-order valence-electron chi connectivity index (χ4n) is 3.43. The Bertz CT molecular complexity index is 950. The summed E-state index contributed by atoms with van der Waals surface area (Å²) in [7, 11) is 0. The Hall–Kier alpha value is -3.10. The van der Waals surface area contributed by atoms with Crippen molar-refractivity contribution in [3.63, 3.8) is 0 Å². The molecule has 3 aromatic rings. The molecule has 3 rings (SSSR count). The normalized spacial score (nSPS) is 10.9. The number of furan rings is 1. The van der Waals surface area contributed by atoms with Gasteiger partial charge in [0.25, 0.3) is 0 Å². The van der Waals surface area contributed by atoms with Gasteiger partial charge in [-0.2, -0.15) is 5.26 Å². The number of ketones is 1. The van der Waals surface area contributed by atoms with Crippen molar-refractivity contribution in [3.8, 4) is 6.07 Å². The highest BCUT2D eigenvalue weighted by Crippen LogP contribution is 2.19. The van der Waals surface area contributed by atoms with Crippen LogP contribution in [0.1, 0.15) is 39.5 Å². The Labute approximate surface area is 165 Å². The Morgan fingerprint density at radius 3 is 2.64 bits per heavy atom. The zero-order chi connectivity index (χ0) is 19.9. The van der Waals surface area contributed by atoms with E-state index in [1.165, 1.54) is 5.56 Å². The van der Waals surface area contributed by atoms with E-state index in [1.807, 2.05) is 55.1 Å². The highest BCUT2D eigenvalue weighted by molar-refractivity contribution is 5.99. The van der Waals surface area contributed by atoms with E-state index < -0.39 is 0 Å². The van der Waals surface area contributed by atoms with E-state index in [-0.39, 0.29) is 12.3 Å². The van der Waals surface area contributed by atoms with Crippen LogP contribution in [0.25, 0.3) is 0 Å². The maximum absolute atomic E-state index is 13.0. The molecule has 0 saturated heterocycles. The first-order valence-electron chi connectivity index (χ1n) is 9.44. The van der Waals surface area contributed by atoms with Gasteiger partial charge in [0.05, 0.1) is 25.4 Å². The third kappa shape index (κ3) is 4.79. The van der Waals surface area contributed by atoms with Crippen molar-refractivity contribution in [2.24, 2.45) is 0 Å². The lowest BCUT2D eigenvalue weighted by atomic mass is 10.1. The van der Waals surface area contributed by atoms with Crippen molar-refractivity contribution in [1.82, 2.24) is 9.47 Å². The van der Waals surface area contributed by atoms with Crippen LogP contribution in [0.5, 0.6) is 0 Å². The molecule has 0 bridgehead atoms.